The lowest BCUT2D eigenvalue weighted by Crippen LogP contribution is -2.33. The topological polar surface area (TPSA) is 57.7 Å². The molecule has 0 bridgehead atoms. The lowest BCUT2D eigenvalue weighted by atomic mass is 10.1. The summed E-state index contributed by atoms with van der Waals surface area (Å²) in [4.78, 5) is 16.0. The summed E-state index contributed by atoms with van der Waals surface area (Å²) < 4.78 is 22.1. The molecule has 5 nitrogen and oxygen atoms in total. The number of likely N-dealkylation sites (tertiary alicyclic amines) is 2. The van der Waals surface area contributed by atoms with Crippen molar-refractivity contribution in [1.82, 2.24) is 9.80 Å². The van der Waals surface area contributed by atoms with Crippen molar-refractivity contribution >= 4 is 25.6 Å². The SMILES string of the molecule is CN1CCCC1CCN1CC(CS(=O)(=O)Cl)CC1=O. The van der Waals surface area contributed by atoms with Gasteiger partial charge in [0.25, 0.3) is 0 Å². The number of rotatable bonds is 5. The molecule has 0 aromatic heterocycles. The van der Waals surface area contributed by atoms with Crippen LogP contribution in [0.1, 0.15) is 25.7 Å². The molecule has 110 valence electrons. The highest BCUT2D eigenvalue weighted by molar-refractivity contribution is 8.13. The van der Waals surface area contributed by atoms with Gasteiger partial charge in [-0.3, -0.25) is 4.79 Å². The lowest BCUT2D eigenvalue weighted by Gasteiger charge is -2.23. The summed E-state index contributed by atoms with van der Waals surface area (Å²) in [5, 5.41) is 0. The van der Waals surface area contributed by atoms with Gasteiger partial charge < -0.3 is 9.80 Å². The molecular weight excluding hydrogens is 288 g/mol. The Labute approximate surface area is 119 Å². The van der Waals surface area contributed by atoms with E-state index in [0.717, 1.165) is 19.5 Å². The predicted octanol–water partition coefficient (Wildman–Crippen LogP) is 0.888. The van der Waals surface area contributed by atoms with Crippen LogP contribution in [-0.2, 0) is 13.8 Å². The van der Waals surface area contributed by atoms with Crippen LogP contribution >= 0.6 is 10.7 Å². The summed E-state index contributed by atoms with van der Waals surface area (Å²) in [5.74, 6) is -0.178. The summed E-state index contributed by atoms with van der Waals surface area (Å²) in [7, 11) is 3.85. The van der Waals surface area contributed by atoms with E-state index in [1.807, 2.05) is 0 Å². The molecule has 2 aliphatic rings. The van der Waals surface area contributed by atoms with Crippen molar-refractivity contribution in [2.24, 2.45) is 5.92 Å². The highest BCUT2D eigenvalue weighted by Gasteiger charge is 2.32. The molecule has 19 heavy (non-hydrogen) atoms. The molecule has 2 atom stereocenters. The van der Waals surface area contributed by atoms with E-state index in [1.54, 1.807) is 4.90 Å². The van der Waals surface area contributed by atoms with Crippen molar-refractivity contribution in [2.45, 2.75) is 31.7 Å². The molecule has 2 fully saturated rings. The molecule has 0 saturated carbocycles. The van der Waals surface area contributed by atoms with E-state index in [1.165, 1.54) is 12.8 Å². The highest BCUT2D eigenvalue weighted by Crippen LogP contribution is 2.23. The van der Waals surface area contributed by atoms with Crippen molar-refractivity contribution < 1.29 is 13.2 Å². The second kappa shape index (κ2) is 5.97. The van der Waals surface area contributed by atoms with Gasteiger partial charge in [-0.25, -0.2) is 8.42 Å². The van der Waals surface area contributed by atoms with Crippen molar-refractivity contribution in [3.05, 3.63) is 0 Å². The minimum atomic E-state index is -3.51. The minimum Gasteiger partial charge on any atom is -0.342 e. The molecule has 7 heteroatoms. The second-order valence-corrected chi connectivity index (χ2v) is 8.50. The molecule has 0 aromatic carbocycles. The first kappa shape index (κ1) is 15.1. The normalized spacial score (nSPS) is 29.4. The monoisotopic (exact) mass is 308 g/mol. The second-order valence-electron chi connectivity index (χ2n) is 5.68. The fraction of sp³-hybridized carbons (Fsp3) is 0.917. The van der Waals surface area contributed by atoms with Gasteiger partial charge in [-0.15, -0.1) is 0 Å². The first-order valence-corrected chi connectivity index (χ1v) is 9.23. The molecule has 1 amide bonds. The smallest absolute Gasteiger partial charge is 0.232 e. The van der Waals surface area contributed by atoms with E-state index >= 15 is 0 Å². The van der Waals surface area contributed by atoms with E-state index in [9.17, 15) is 13.2 Å². The number of halogens is 1. The van der Waals surface area contributed by atoms with Crippen LogP contribution in [0.3, 0.4) is 0 Å². The summed E-state index contributed by atoms with van der Waals surface area (Å²) in [6, 6.07) is 0.559. The van der Waals surface area contributed by atoms with Gasteiger partial charge in [-0.2, -0.15) is 0 Å². The van der Waals surface area contributed by atoms with E-state index in [-0.39, 0.29) is 17.6 Å². The van der Waals surface area contributed by atoms with Gasteiger partial charge in [0.1, 0.15) is 0 Å². The van der Waals surface area contributed by atoms with Crippen molar-refractivity contribution in [2.75, 3.05) is 32.4 Å². The van der Waals surface area contributed by atoms with Gasteiger partial charge in [0.2, 0.25) is 15.0 Å². The van der Waals surface area contributed by atoms with Crippen LogP contribution < -0.4 is 0 Å². The maximum Gasteiger partial charge on any atom is 0.232 e. The van der Waals surface area contributed by atoms with Crippen LogP contribution in [0.25, 0.3) is 0 Å². The molecule has 0 radical (unpaired) electrons. The largest absolute Gasteiger partial charge is 0.342 e. The van der Waals surface area contributed by atoms with E-state index in [0.29, 0.717) is 19.0 Å². The number of amides is 1. The summed E-state index contributed by atoms with van der Waals surface area (Å²) >= 11 is 0. The lowest BCUT2D eigenvalue weighted by molar-refractivity contribution is -0.127. The Morgan fingerprint density at radius 3 is 2.74 bits per heavy atom. The zero-order valence-corrected chi connectivity index (χ0v) is 12.8. The fourth-order valence-electron chi connectivity index (χ4n) is 3.11. The van der Waals surface area contributed by atoms with Crippen LogP contribution in [0.15, 0.2) is 0 Å². The zero-order valence-electron chi connectivity index (χ0n) is 11.2. The third-order valence-corrected chi connectivity index (χ3v) is 5.38. The Morgan fingerprint density at radius 2 is 2.16 bits per heavy atom. The average Bonchev–Trinajstić information content (AvgIpc) is 2.80. The quantitative estimate of drug-likeness (QED) is 0.708. The number of carbonyl (C=O) groups is 1. The maximum absolute atomic E-state index is 11.8. The van der Waals surface area contributed by atoms with Crippen LogP contribution in [0.5, 0.6) is 0 Å². The molecule has 2 rings (SSSR count). The van der Waals surface area contributed by atoms with E-state index in [2.05, 4.69) is 11.9 Å². The summed E-state index contributed by atoms with van der Waals surface area (Å²) in [6.07, 6.45) is 3.70. The zero-order chi connectivity index (χ0) is 14.0. The molecule has 0 N–H and O–H groups in total. The number of carbonyl (C=O) groups excluding carboxylic acids is 1. The average molecular weight is 309 g/mol. The Balaban J connectivity index is 1.80. The predicted molar refractivity (Wildman–Crippen MR) is 74.6 cm³/mol. The fourth-order valence-corrected chi connectivity index (χ4v) is 4.43. The molecule has 0 aliphatic carbocycles. The number of nitrogens with zero attached hydrogens (tertiary/aromatic N) is 2. The molecule has 2 aliphatic heterocycles. The molecule has 0 aromatic rings. The van der Waals surface area contributed by atoms with Gasteiger partial charge in [-0.1, -0.05) is 0 Å². The Hall–Kier alpha value is -0.330. The standard InChI is InChI=1S/C12H21ClN2O3S/c1-14-5-2-3-11(14)4-6-15-8-10(7-12(15)16)9-19(13,17)18/h10-11H,2-9H2,1H3. The van der Waals surface area contributed by atoms with Crippen LogP contribution in [0.2, 0.25) is 0 Å². The van der Waals surface area contributed by atoms with Crippen LogP contribution in [0.4, 0.5) is 0 Å². The molecular formula is C12H21ClN2O3S. The van der Waals surface area contributed by atoms with Gasteiger partial charge in [0.05, 0.1) is 5.75 Å². The third-order valence-electron chi connectivity index (χ3n) is 4.13. The molecule has 0 spiro atoms. The summed E-state index contributed by atoms with van der Waals surface area (Å²) in [5.41, 5.74) is 0. The Morgan fingerprint density at radius 1 is 1.42 bits per heavy atom. The summed E-state index contributed by atoms with van der Waals surface area (Å²) in [6.45, 7) is 2.39. The maximum atomic E-state index is 11.8. The van der Waals surface area contributed by atoms with Gasteiger partial charge >= 0.3 is 0 Å². The van der Waals surface area contributed by atoms with Crippen LogP contribution in [0, 0.1) is 5.92 Å². The molecule has 2 unspecified atom stereocenters. The minimum absolute atomic E-state index is 0.0611. The van der Waals surface area contributed by atoms with Crippen molar-refractivity contribution in [1.29, 1.82) is 0 Å². The van der Waals surface area contributed by atoms with E-state index < -0.39 is 9.05 Å². The Bertz CT molecular complexity index is 440. The molecule has 2 saturated heterocycles. The number of hydrogen-bond donors (Lipinski definition) is 0. The first-order valence-electron chi connectivity index (χ1n) is 6.75. The van der Waals surface area contributed by atoms with Crippen molar-refractivity contribution in [3.63, 3.8) is 0 Å². The first-order chi connectivity index (χ1) is 8.85. The van der Waals surface area contributed by atoms with Crippen LogP contribution in [-0.4, -0.2) is 62.6 Å². The van der Waals surface area contributed by atoms with Crippen molar-refractivity contribution in [3.8, 4) is 0 Å². The van der Waals surface area contributed by atoms with Gasteiger partial charge in [0.15, 0.2) is 0 Å². The van der Waals surface area contributed by atoms with Gasteiger partial charge in [0, 0.05) is 42.2 Å². The third kappa shape index (κ3) is 4.33. The Kier molecular flexibility index (Phi) is 4.74. The molecule has 2 heterocycles. The van der Waals surface area contributed by atoms with E-state index in [4.69, 9.17) is 10.7 Å². The highest BCUT2D eigenvalue weighted by atomic mass is 35.7. The number of hydrogen-bond acceptors (Lipinski definition) is 4. The van der Waals surface area contributed by atoms with Gasteiger partial charge in [-0.05, 0) is 32.9 Å².